The van der Waals surface area contributed by atoms with Gasteiger partial charge in [0.15, 0.2) is 11.5 Å². The molecule has 1 saturated heterocycles. The lowest BCUT2D eigenvalue weighted by Crippen LogP contribution is -2.59. The smallest absolute Gasteiger partial charge is 0.358 e. The third-order valence-electron chi connectivity index (χ3n) is 9.06. The van der Waals surface area contributed by atoms with Crippen LogP contribution in [0.5, 0.6) is 0 Å². The quantitative estimate of drug-likeness (QED) is 0.284. The monoisotopic (exact) mass is 673 g/mol. The van der Waals surface area contributed by atoms with E-state index in [2.05, 4.69) is 15.3 Å². The Morgan fingerprint density at radius 1 is 0.918 bits per heavy atom. The average molecular weight is 674 g/mol. The van der Waals surface area contributed by atoms with Crippen molar-refractivity contribution in [3.05, 3.63) is 107 Å². The fourth-order valence-electron chi connectivity index (χ4n) is 6.38. The molecule has 4 aromatic rings. The Morgan fingerprint density at radius 3 is 2.39 bits per heavy atom. The number of nitrogens with zero attached hydrogens (tertiary/aromatic N) is 6. The van der Waals surface area contributed by atoms with Crippen LogP contribution in [0.1, 0.15) is 52.1 Å². The van der Waals surface area contributed by atoms with E-state index in [4.69, 9.17) is 4.98 Å². The number of nitrogens with one attached hydrogen (secondary N) is 1. The van der Waals surface area contributed by atoms with Gasteiger partial charge in [0.05, 0.1) is 6.42 Å². The van der Waals surface area contributed by atoms with Crippen molar-refractivity contribution >= 4 is 28.9 Å². The van der Waals surface area contributed by atoms with Gasteiger partial charge in [-0.3, -0.25) is 19.3 Å². The maximum atomic E-state index is 13.5. The SMILES string of the molecule is CNC(=O)C1CN(C(=O)c2ccc(Cc3nc4c(C5=CCN(C(=O)CCC(F)(F)F)CC5)cccn4n3)cc2)CCN1Cc1ccccc1. The minimum absolute atomic E-state index is 0.122. The molecule has 2 aromatic heterocycles. The summed E-state index contributed by atoms with van der Waals surface area (Å²) in [6, 6.07) is 20.7. The first kappa shape index (κ1) is 33.8. The van der Waals surface area contributed by atoms with E-state index in [1.54, 1.807) is 34.8 Å². The number of carbonyl (C=O) groups excluding carboxylic acids is 3. The van der Waals surface area contributed by atoms with Crippen LogP contribution in [-0.2, 0) is 22.6 Å². The van der Waals surface area contributed by atoms with Crippen molar-refractivity contribution in [2.24, 2.45) is 0 Å². The van der Waals surface area contributed by atoms with Gasteiger partial charge in [0.25, 0.3) is 5.91 Å². The van der Waals surface area contributed by atoms with E-state index in [1.807, 2.05) is 60.7 Å². The molecule has 2 aromatic carbocycles. The normalized spacial score (nSPS) is 17.2. The van der Waals surface area contributed by atoms with Gasteiger partial charge in [-0.25, -0.2) is 9.50 Å². The fraction of sp³-hybridized carbons (Fsp3) is 0.361. The number of hydrogen-bond acceptors (Lipinski definition) is 6. The third-order valence-corrected chi connectivity index (χ3v) is 9.06. The van der Waals surface area contributed by atoms with Crippen LogP contribution in [0.25, 0.3) is 11.2 Å². The van der Waals surface area contributed by atoms with Gasteiger partial charge in [-0.1, -0.05) is 48.5 Å². The molecule has 4 heterocycles. The van der Waals surface area contributed by atoms with Crippen molar-refractivity contribution < 1.29 is 27.6 Å². The van der Waals surface area contributed by atoms with Crippen molar-refractivity contribution in [2.75, 3.05) is 39.8 Å². The van der Waals surface area contributed by atoms with Crippen molar-refractivity contribution in [1.29, 1.82) is 0 Å². The standard InChI is InChI=1S/C36H38F3N7O3/c1-40-34(48)30-24-45(21-20-44(30)23-26-6-3-2-4-7-26)35(49)28-11-9-25(10-12-28)22-31-41-33-29(8-5-17-46(33)42-31)27-14-18-43(19-15-27)32(47)13-16-36(37,38)39/h2-12,14,17,30H,13,15-16,18-24H2,1H3,(H,40,48). The minimum atomic E-state index is -4.36. The molecule has 1 N–H and O–H groups in total. The molecule has 0 radical (unpaired) electrons. The molecule has 2 aliphatic rings. The van der Waals surface area contributed by atoms with Gasteiger partial charge in [-0.15, -0.1) is 0 Å². The predicted molar refractivity (Wildman–Crippen MR) is 177 cm³/mol. The second-order valence-corrected chi connectivity index (χ2v) is 12.4. The first-order chi connectivity index (χ1) is 23.6. The number of halogens is 3. The number of pyridine rings is 1. The highest BCUT2D eigenvalue weighted by atomic mass is 19.4. The molecule has 0 saturated carbocycles. The number of piperazine rings is 1. The third kappa shape index (κ3) is 8.16. The molecule has 3 amide bonds. The molecule has 0 spiro atoms. The van der Waals surface area contributed by atoms with Gasteiger partial charge in [-0.05, 0) is 47.4 Å². The second kappa shape index (κ2) is 14.6. The zero-order valence-electron chi connectivity index (χ0n) is 27.2. The molecule has 13 heteroatoms. The van der Waals surface area contributed by atoms with Crippen LogP contribution in [0.3, 0.4) is 0 Å². The molecule has 256 valence electrons. The molecule has 0 aliphatic carbocycles. The van der Waals surface area contributed by atoms with E-state index in [0.717, 1.165) is 22.3 Å². The number of likely N-dealkylation sites (N-methyl/N-ethyl adjacent to an activating group) is 1. The van der Waals surface area contributed by atoms with Crippen LogP contribution >= 0.6 is 0 Å². The number of hydrogen-bond donors (Lipinski definition) is 1. The second-order valence-electron chi connectivity index (χ2n) is 12.4. The largest absolute Gasteiger partial charge is 0.389 e. The van der Waals surface area contributed by atoms with Gasteiger partial charge < -0.3 is 15.1 Å². The Labute approximate surface area is 282 Å². The molecular weight excluding hydrogens is 635 g/mol. The maximum Gasteiger partial charge on any atom is 0.389 e. The first-order valence-corrected chi connectivity index (χ1v) is 16.3. The molecule has 1 unspecified atom stereocenters. The zero-order chi connectivity index (χ0) is 34.5. The summed E-state index contributed by atoms with van der Waals surface area (Å²) in [7, 11) is 1.61. The van der Waals surface area contributed by atoms with Gasteiger partial charge in [0, 0.05) is 76.5 Å². The maximum absolute atomic E-state index is 13.5. The number of carbonyl (C=O) groups is 3. The lowest BCUT2D eigenvalue weighted by molar-refractivity contribution is -0.148. The number of fused-ring (bicyclic) bond motifs is 1. The first-order valence-electron chi connectivity index (χ1n) is 16.3. The minimum Gasteiger partial charge on any atom is -0.358 e. The topological polar surface area (TPSA) is 103 Å². The van der Waals surface area contributed by atoms with Crippen molar-refractivity contribution in [1.82, 2.24) is 34.6 Å². The highest BCUT2D eigenvalue weighted by Crippen LogP contribution is 2.27. The van der Waals surface area contributed by atoms with Crippen molar-refractivity contribution in [3.8, 4) is 0 Å². The van der Waals surface area contributed by atoms with Gasteiger partial charge in [0.1, 0.15) is 6.04 Å². The van der Waals surface area contributed by atoms with E-state index in [9.17, 15) is 27.6 Å². The highest BCUT2D eigenvalue weighted by molar-refractivity contribution is 5.95. The van der Waals surface area contributed by atoms with E-state index in [1.165, 1.54) is 4.90 Å². The summed E-state index contributed by atoms with van der Waals surface area (Å²) in [6.45, 7) is 2.59. The van der Waals surface area contributed by atoms with Crippen molar-refractivity contribution in [3.63, 3.8) is 0 Å². The van der Waals surface area contributed by atoms with Crippen LogP contribution in [0.2, 0.25) is 0 Å². The van der Waals surface area contributed by atoms with Gasteiger partial charge >= 0.3 is 6.18 Å². The summed E-state index contributed by atoms with van der Waals surface area (Å²) < 4.78 is 39.4. The number of rotatable bonds is 9. The molecule has 1 fully saturated rings. The van der Waals surface area contributed by atoms with E-state index < -0.39 is 31.0 Å². The fourth-order valence-corrected chi connectivity index (χ4v) is 6.38. The summed E-state index contributed by atoms with van der Waals surface area (Å²) in [5, 5.41) is 7.39. The lowest BCUT2D eigenvalue weighted by Gasteiger charge is -2.40. The van der Waals surface area contributed by atoms with Gasteiger partial charge in [0.2, 0.25) is 11.8 Å². The molecule has 49 heavy (non-hydrogen) atoms. The predicted octanol–water partition coefficient (Wildman–Crippen LogP) is 4.35. The van der Waals surface area contributed by atoms with E-state index in [0.29, 0.717) is 62.6 Å². The van der Waals surface area contributed by atoms with Crippen LogP contribution in [0.4, 0.5) is 13.2 Å². The molecule has 6 rings (SSSR count). The van der Waals surface area contributed by atoms with Crippen molar-refractivity contribution in [2.45, 2.75) is 44.4 Å². The Morgan fingerprint density at radius 2 is 1.69 bits per heavy atom. The zero-order valence-corrected chi connectivity index (χ0v) is 27.2. The Balaban J connectivity index is 1.09. The number of amides is 3. The Hall–Kier alpha value is -5.04. The lowest BCUT2D eigenvalue weighted by atomic mass is 10.00. The molecule has 0 bridgehead atoms. The summed E-state index contributed by atoms with van der Waals surface area (Å²) in [6.07, 6.45) is -1.41. The summed E-state index contributed by atoms with van der Waals surface area (Å²) in [5.41, 5.74) is 5.06. The summed E-state index contributed by atoms with van der Waals surface area (Å²) >= 11 is 0. The van der Waals surface area contributed by atoms with E-state index in [-0.39, 0.29) is 18.4 Å². The van der Waals surface area contributed by atoms with Crippen LogP contribution in [0.15, 0.2) is 79.0 Å². The molecular formula is C36H38F3N7O3. The molecule has 1 atom stereocenters. The molecule has 2 aliphatic heterocycles. The number of alkyl halides is 3. The Bertz CT molecular complexity index is 1840. The summed E-state index contributed by atoms with van der Waals surface area (Å²) in [4.78, 5) is 48.6. The highest BCUT2D eigenvalue weighted by Gasteiger charge is 2.34. The Kier molecular flexibility index (Phi) is 10.1. The van der Waals surface area contributed by atoms with Gasteiger partial charge in [-0.2, -0.15) is 18.3 Å². The number of benzene rings is 2. The molecule has 10 nitrogen and oxygen atoms in total. The summed E-state index contributed by atoms with van der Waals surface area (Å²) in [5.74, 6) is -0.159. The average Bonchev–Trinajstić information content (AvgIpc) is 3.53. The van der Waals surface area contributed by atoms with Crippen LogP contribution in [-0.4, -0.2) is 99.0 Å². The number of aromatic nitrogens is 3. The van der Waals surface area contributed by atoms with Crippen LogP contribution < -0.4 is 5.32 Å². The van der Waals surface area contributed by atoms with E-state index >= 15 is 0 Å². The van der Waals surface area contributed by atoms with Crippen LogP contribution in [0, 0.1) is 0 Å².